The second-order valence-electron chi connectivity index (χ2n) is 7.72. The van der Waals surface area contributed by atoms with E-state index in [1.807, 2.05) is 60.0 Å². The molecule has 1 fully saturated rings. The van der Waals surface area contributed by atoms with E-state index in [9.17, 15) is 9.59 Å². The van der Waals surface area contributed by atoms with Crippen LogP contribution in [0, 0.1) is 0 Å². The monoisotopic (exact) mass is 433 g/mol. The van der Waals surface area contributed by atoms with Gasteiger partial charge in [0.1, 0.15) is 0 Å². The maximum Gasteiger partial charge on any atom is 0.261 e. The minimum absolute atomic E-state index is 0.00615. The first-order valence-electron chi connectivity index (χ1n) is 10.7. The molecule has 0 atom stereocenters. The lowest BCUT2D eigenvalue weighted by Crippen LogP contribution is -2.45. The van der Waals surface area contributed by atoms with Crippen molar-refractivity contribution in [3.8, 4) is 0 Å². The predicted molar refractivity (Wildman–Crippen MR) is 126 cm³/mol. The van der Waals surface area contributed by atoms with E-state index in [1.165, 1.54) is 16.9 Å². The Labute approximate surface area is 187 Å². The van der Waals surface area contributed by atoms with Gasteiger partial charge in [-0.3, -0.25) is 9.59 Å². The molecule has 1 aliphatic heterocycles. The van der Waals surface area contributed by atoms with E-state index in [1.54, 1.807) is 0 Å². The van der Waals surface area contributed by atoms with Gasteiger partial charge in [-0.05, 0) is 48.4 Å². The van der Waals surface area contributed by atoms with Crippen molar-refractivity contribution in [1.82, 2.24) is 10.6 Å². The molecule has 5 nitrogen and oxygen atoms in total. The molecular formula is C25H27N3O2S. The standard InChI is InChI=1S/C25H27N3O2S/c29-24(26-15-12-19-7-2-1-3-8-19)21-9-4-5-10-22(21)28-16-13-20(14-17-28)27-25(30)23-11-6-18-31-23/h1-11,18,20H,12-17H2,(H,26,29)(H,27,30). The van der Waals surface area contributed by atoms with Crippen LogP contribution in [0.1, 0.15) is 38.4 Å². The van der Waals surface area contributed by atoms with Crippen LogP contribution in [0.15, 0.2) is 72.1 Å². The zero-order valence-electron chi connectivity index (χ0n) is 17.4. The van der Waals surface area contributed by atoms with Crippen LogP contribution in [0.5, 0.6) is 0 Å². The maximum absolute atomic E-state index is 12.8. The molecule has 2 amide bonds. The highest BCUT2D eigenvalue weighted by atomic mass is 32.1. The first kappa shape index (κ1) is 21.1. The third-order valence-electron chi connectivity index (χ3n) is 5.61. The summed E-state index contributed by atoms with van der Waals surface area (Å²) in [4.78, 5) is 28.2. The van der Waals surface area contributed by atoms with Crippen LogP contribution in [0.3, 0.4) is 0 Å². The highest BCUT2D eigenvalue weighted by Gasteiger charge is 2.24. The fraction of sp³-hybridized carbons (Fsp3) is 0.280. The van der Waals surface area contributed by atoms with Crippen LogP contribution in [-0.4, -0.2) is 37.5 Å². The number of rotatable bonds is 7. The summed E-state index contributed by atoms with van der Waals surface area (Å²) in [6.45, 7) is 2.22. The lowest BCUT2D eigenvalue weighted by Gasteiger charge is -2.34. The SMILES string of the molecule is O=C(NC1CCN(c2ccccc2C(=O)NCCc2ccccc2)CC1)c1cccs1. The van der Waals surface area contributed by atoms with Gasteiger partial charge in [-0.25, -0.2) is 0 Å². The van der Waals surface area contributed by atoms with Gasteiger partial charge in [-0.1, -0.05) is 48.5 Å². The van der Waals surface area contributed by atoms with Crippen molar-refractivity contribution in [2.45, 2.75) is 25.3 Å². The molecule has 31 heavy (non-hydrogen) atoms. The average molecular weight is 434 g/mol. The van der Waals surface area contributed by atoms with Gasteiger partial charge in [0.15, 0.2) is 0 Å². The summed E-state index contributed by atoms with van der Waals surface area (Å²) >= 11 is 1.46. The summed E-state index contributed by atoms with van der Waals surface area (Å²) in [5.74, 6) is -0.0358. The molecule has 6 heteroatoms. The summed E-state index contributed by atoms with van der Waals surface area (Å²) in [5, 5.41) is 8.11. The number of carbonyl (C=O) groups is 2. The van der Waals surface area contributed by atoms with E-state index in [0.29, 0.717) is 12.1 Å². The number of hydrogen-bond donors (Lipinski definition) is 2. The summed E-state index contributed by atoms with van der Waals surface area (Å²) in [6, 6.07) is 21.8. The number of piperidine rings is 1. The van der Waals surface area contributed by atoms with Crippen LogP contribution >= 0.6 is 11.3 Å². The molecule has 0 radical (unpaired) electrons. The predicted octanol–water partition coefficient (Wildman–Crippen LogP) is 4.12. The summed E-state index contributed by atoms with van der Waals surface area (Å²) in [5.41, 5.74) is 2.88. The fourth-order valence-corrected chi connectivity index (χ4v) is 4.56. The summed E-state index contributed by atoms with van der Waals surface area (Å²) in [7, 11) is 0. The van der Waals surface area contributed by atoms with E-state index in [2.05, 4.69) is 27.7 Å². The molecule has 0 aliphatic carbocycles. The first-order valence-corrected chi connectivity index (χ1v) is 11.6. The van der Waals surface area contributed by atoms with Gasteiger partial charge >= 0.3 is 0 Å². The van der Waals surface area contributed by atoms with Crippen molar-refractivity contribution in [1.29, 1.82) is 0 Å². The van der Waals surface area contributed by atoms with Crippen LogP contribution in [-0.2, 0) is 6.42 Å². The smallest absolute Gasteiger partial charge is 0.261 e. The topological polar surface area (TPSA) is 61.4 Å². The van der Waals surface area contributed by atoms with Gasteiger partial charge in [-0.15, -0.1) is 11.3 Å². The molecule has 2 heterocycles. The van der Waals surface area contributed by atoms with Crippen molar-refractivity contribution < 1.29 is 9.59 Å². The molecule has 3 aromatic rings. The lowest BCUT2D eigenvalue weighted by molar-refractivity contribution is 0.0933. The molecule has 4 rings (SSSR count). The number of nitrogens with one attached hydrogen (secondary N) is 2. The van der Waals surface area contributed by atoms with Crippen molar-refractivity contribution in [3.63, 3.8) is 0 Å². The number of amides is 2. The van der Waals surface area contributed by atoms with Crippen LogP contribution < -0.4 is 15.5 Å². The third kappa shape index (κ3) is 5.52. The van der Waals surface area contributed by atoms with Gasteiger partial charge in [0.05, 0.1) is 10.4 Å². The number of thiophene rings is 1. The Kier molecular flexibility index (Phi) is 6.99. The third-order valence-corrected chi connectivity index (χ3v) is 6.48. The number of hydrogen-bond acceptors (Lipinski definition) is 4. The van der Waals surface area contributed by atoms with E-state index < -0.39 is 0 Å². The number of carbonyl (C=O) groups excluding carboxylic acids is 2. The van der Waals surface area contributed by atoms with Crippen molar-refractivity contribution >= 4 is 28.8 Å². The lowest BCUT2D eigenvalue weighted by atomic mass is 10.0. The molecule has 0 saturated carbocycles. The normalized spacial score (nSPS) is 14.3. The molecule has 160 valence electrons. The van der Waals surface area contributed by atoms with E-state index in [4.69, 9.17) is 0 Å². The van der Waals surface area contributed by atoms with Crippen LogP contribution in [0.2, 0.25) is 0 Å². The quantitative estimate of drug-likeness (QED) is 0.589. The highest BCUT2D eigenvalue weighted by Crippen LogP contribution is 2.24. The van der Waals surface area contributed by atoms with Crippen LogP contribution in [0.4, 0.5) is 5.69 Å². The van der Waals surface area contributed by atoms with Crippen molar-refractivity contribution in [2.75, 3.05) is 24.5 Å². The number of para-hydroxylation sites is 1. The Hall–Kier alpha value is -3.12. The maximum atomic E-state index is 12.8. The molecule has 2 aromatic carbocycles. The van der Waals surface area contributed by atoms with Crippen molar-refractivity contribution in [2.24, 2.45) is 0 Å². The minimum atomic E-state index is -0.0420. The molecular weight excluding hydrogens is 406 g/mol. The minimum Gasteiger partial charge on any atom is -0.371 e. The molecule has 0 spiro atoms. The molecule has 1 saturated heterocycles. The van der Waals surface area contributed by atoms with Gasteiger partial charge in [-0.2, -0.15) is 0 Å². The van der Waals surface area contributed by atoms with Gasteiger partial charge in [0.2, 0.25) is 0 Å². The van der Waals surface area contributed by atoms with Gasteiger partial charge in [0, 0.05) is 31.4 Å². The Balaban J connectivity index is 1.32. The van der Waals surface area contributed by atoms with E-state index in [-0.39, 0.29) is 17.9 Å². The largest absolute Gasteiger partial charge is 0.371 e. The van der Waals surface area contributed by atoms with Crippen LogP contribution in [0.25, 0.3) is 0 Å². The Morgan fingerprint density at radius 1 is 0.903 bits per heavy atom. The Morgan fingerprint density at radius 2 is 1.65 bits per heavy atom. The second-order valence-corrected chi connectivity index (χ2v) is 8.67. The summed E-state index contributed by atoms with van der Waals surface area (Å²) in [6.07, 6.45) is 2.53. The van der Waals surface area contributed by atoms with E-state index >= 15 is 0 Å². The first-order chi connectivity index (χ1) is 15.2. The second kappa shape index (κ2) is 10.3. The highest BCUT2D eigenvalue weighted by molar-refractivity contribution is 7.12. The van der Waals surface area contributed by atoms with Gasteiger partial charge in [0.25, 0.3) is 11.8 Å². The average Bonchev–Trinajstić information content (AvgIpc) is 3.36. The van der Waals surface area contributed by atoms with E-state index in [0.717, 1.165) is 42.9 Å². The zero-order valence-corrected chi connectivity index (χ0v) is 18.2. The molecule has 1 aliphatic rings. The molecule has 1 aromatic heterocycles. The van der Waals surface area contributed by atoms with Gasteiger partial charge < -0.3 is 15.5 Å². The number of anilines is 1. The summed E-state index contributed by atoms with van der Waals surface area (Å²) < 4.78 is 0. The zero-order chi connectivity index (χ0) is 21.5. The number of benzene rings is 2. The molecule has 0 bridgehead atoms. The molecule has 2 N–H and O–H groups in total. The number of nitrogens with zero attached hydrogens (tertiary/aromatic N) is 1. The fourth-order valence-electron chi connectivity index (χ4n) is 3.93. The Morgan fingerprint density at radius 3 is 2.39 bits per heavy atom. The van der Waals surface area contributed by atoms with Crippen molar-refractivity contribution in [3.05, 3.63) is 88.1 Å². The Bertz CT molecular complexity index is 997. The molecule has 0 unspecified atom stereocenters.